The van der Waals surface area contributed by atoms with Crippen molar-refractivity contribution in [3.8, 4) is 0 Å². The number of hydrogen-bond acceptors (Lipinski definition) is 2. The summed E-state index contributed by atoms with van der Waals surface area (Å²) in [4.78, 5) is 13.5. The van der Waals surface area contributed by atoms with Crippen LogP contribution in [0, 0.1) is 11.8 Å². The number of likely N-dealkylation sites (tertiary alicyclic amines) is 1. The Morgan fingerprint density at radius 1 is 1.29 bits per heavy atom. The second kappa shape index (κ2) is 3.79. The van der Waals surface area contributed by atoms with Gasteiger partial charge in [-0.25, -0.2) is 4.79 Å². The second-order valence-corrected chi connectivity index (χ2v) is 4.88. The third-order valence-corrected chi connectivity index (χ3v) is 3.20. The Kier molecular flexibility index (Phi) is 2.66. The lowest BCUT2D eigenvalue weighted by Gasteiger charge is -2.31. The monoisotopic (exact) mass is 197 g/mol. The van der Waals surface area contributed by atoms with Gasteiger partial charge in [-0.15, -0.1) is 0 Å². The maximum absolute atomic E-state index is 11.6. The quantitative estimate of drug-likeness (QED) is 0.645. The fourth-order valence-electron chi connectivity index (χ4n) is 2.63. The molecule has 0 N–H and O–H groups in total. The van der Waals surface area contributed by atoms with E-state index in [4.69, 9.17) is 4.74 Å². The summed E-state index contributed by atoms with van der Waals surface area (Å²) in [6.07, 6.45) is 3.82. The highest BCUT2D eigenvalue weighted by Crippen LogP contribution is 2.36. The van der Waals surface area contributed by atoms with Crippen molar-refractivity contribution in [2.24, 2.45) is 11.8 Å². The minimum Gasteiger partial charge on any atom is -0.447 e. The van der Waals surface area contributed by atoms with Gasteiger partial charge in [0.25, 0.3) is 0 Å². The lowest BCUT2D eigenvalue weighted by molar-refractivity contribution is 0.0607. The summed E-state index contributed by atoms with van der Waals surface area (Å²) in [6, 6.07) is 0. The summed E-state index contributed by atoms with van der Waals surface area (Å²) in [5, 5.41) is 0. The van der Waals surface area contributed by atoms with E-state index in [1.807, 2.05) is 18.7 Å². The Morgan fingerprint density at radius 2 is 1.86 bits per heavy atom. The van der Waals surface area contributed by atoms with Gasteiger partial charge in [0.05, 0.1) is 6.10 Å². The standard InChI is InChI=1S/C11H19NO2/c1-8(2)14-11(13)12-6-9-3-4-10(5-9)7-12/h8-10H,3-7H2,1-2H3. The molecular formula is C11H19NO2. The number of ether oxygens (including phenoxy) is 1. The van der Waals surface area contributed by atoms with Crippen LogP contribution < -0.4 is 0 Å². The van der Waals surface area contributed by atoms with E-state index >= 15 is 0 Å². The lowest BCUT2D eigenvalue weighted by Crippen LogP contribution is -2.41. The summed E-state index contributed by atoms with van der Waals surface area (Å²) in [5.41, 5.74) is 0. The average Bonchev–Trinajstić information content (AvgIpc) is 2.44. The van der Waals surface area contributed by atoms with Crippen molar-refractivity contribution >= 4 is 6.09 Å². The van der Waals surface area contributed by atoms with Crippen LogP contribution in [0.2, 0.25) is 0 Å². The molecule has 1 saturated heterocycles. The molecule has 1 saturated carbocycles. The largest absolute Gasteiger partial charge is 0.447 e. The summed E-state index contributed by atoms with van der Waals surface area (Å²) in [6.45, 7) is 5.64. The van der Waals surface area contributed by atoms with E-state index in [9.17, 15) is 4.79 Å². The molecule has 1 aliphatic heterocycles. The number of rotatable bonds is 1. The molecule has 2 atom stereocenters. The molecule has 2 aliphatic rings. The van der Waals surface area contributed by atoms with E-state index in [-0.39, 0.29) is 12.2 Å². The van der Waals surface area contributed by atoms with Gasteiger partial charge in [0.15, 0.2) is 0 Å². The molecule has 0 spiro atoms. The van der Waals surface area contributed by atoms with Gasteiger partial charge >= 0.3 is 6.09 Å². The average molecular weight is 197 g/mol. The first kappa shape index (κ1) is 9.81. The molecule has 3 heteroatoms. The van der Waals surface area contributed by atoms with Crippen molar-refractivity contribution in [3.63, 3.8) is 0 Å². The Morgan fingerprint density at radius 3 is 2.36 bits per heavy atom. The van der Waals surface area contributed by atoms with Crippen LogP contribution in [-0.4, -0.2) is 30.2 Å². The number of nitrogens with zero attached hydrogens (tertiary/aromatic N) is 1. The second-order valence-electron chi connectivity index (χ2n) is 4.88. The molecule has 2 unspecified atom stereocenters. The highest BCUT2D eigenvalue weighted by atomic mass is 16.6. The molecule has 0 radical (unpaired) electrons. The maximum atomic E-state index is 11.6. The fraction of sp³-hybridized carbons (Fsp3) is 0.909. The molecule has 1 aliphatic carbocycles. The molecular weight excluding hydrogens is 178 g/mol. The highest BCUT2D eigenvalue weighted by molar-refractivity contribution is 5.68. The number of fused-ring (bicyclic) bond motifs is 2. The molecule has 1 heterocycles. The van der Waals surface area contributed by atoms with Crippen molar-refractivity contribution in [2.75, 3.05) is 13.1 Å². The minimum atomic E-state index is -0.114. The normalized spacial score (nSPS) is 30.9. The van der Waals surface area contributed by atoms with Gasteiger partial charge in [-0.05, 0) is 44.9 Å². The first-order valence-corrected chi connectivity index (χ1v) is 5.60. The van der Waals surface area contributed by atoms with Crippen molar-refractivity contribution in [1.82, 2.24) is 4.90 Å². The smallest absolute Gasteiger partial charge is 0.410 e. The van der Waals surface area contributed by atoms with Crippen LogP contribution in [0.15, 0.2) is 0 Å². The number of carbonyl (C=O) groups excluding carboxylic acids is 1. The van der Waals surface area contributed by atoms with E-state index in [1.54, 1.807) is 0 Å². The van der Waals surface area contributed by atoms with Gasteiger partial charge in [0, 0.05) is 13.1 Å². The zero-order valence-corrected chi connectivity index (χ0v) is 9.03. The Bertz CT molecular complexity index is 215. The predicted molar refractivity (Wildman–Crippen MR) is 54.0 cm³/mol. The Labute approximate surface area is 85.4 Å². The Hall–Kier alpha value is -0.730. The molecule has 0 aromatic rings. The highest BCUT2D eigenvalue weighted by Gasteiger charge is 2.35. The summed E-state index contributed by atoms with van der Waals surface area (Å²) in [7, 11) is 0. The summed E-state index contributed by atoms with van der Waals surface area (Å²) in [5.74, 6) is 1.49. The number of carbonyl (C=O) groups is 1. The molecule has 3 nitrogen and oxygen atoms in total. The van der Waals surface area contributed by atoms with Gasteiger partial charge in [-0.2, -0.15) is 0 Å². The van der Waals surface area contributed by atoms with Crippen molar-refractivity contribution < 1.29 is 9.53 Å². The van der Waals surface area contributed by atoms with Gasteiger partial charge in [-0.3, -0.25) is 0 Å². The van der Waals surface area contributed by atoms with Crippen molar-refractivity contribution in [2.45, 2.75) is 39.2 Å². The van der Waals surface area contributed by atoms with Crippen LogP contribution in [0.1, 0.15) is 33.1 Å². The predicted octanol–water partition coefficient (Wildman–Crippen LogP) is 2.26. The van der Waals surface area contributed by atoms with Crippen LogP contribution in [0.5, 0.6) is 0 Å². The zero-order chi connectivity index (χ0) is 10.1. The molecule has 0 aromatic carbocycles. The maximum Gasteiger partial charge on any atom is 0.410 e. The molecule has 80 valence electrons. The molecule has 0 aromatic heterocycles. The Balaban J connectivity index is 1.89. The van der Waals surface area contributed by atoms with Crippen molar-refractivity contribution in [3.05, 3.63) is 0 Å². The van der Waals surface area contributed by atoms with Crippen LogP contribution >= 0.6 is 0 Å². The summed E-state index contributed by atoms with van der Waals surface area (Å²) >= 11 is 0. The molecule has 14 heavy (non-hydrogen) atoms. The van der Waals surface area contributed by atoms with Crippen LogP contribution in [0.4, 0.5) is 4.79 Å². The van der Waals surface area contributed by atoms with Crippen LogP contribution in [-0.2, 0) is 4.74 Å². The SMILES string of the molecule is CC(C)OC(=O)N1CC2CCC(C2)C1. The first-order valence-electron chi connectivity index (χ1n) is 5.60. The van der Waals surface area contributed by atoms with E-state index in [1.165, 1.54) is 19.3 Å². The first-order chi connectivity index (χ1) is 6.65. The van der Waals surface area contributed by atoms with Gasteiger partial charge in [-0.1, -0.05) is 0 Å². The third kappa shape index (κ3) is 2.02. The molecule has 2 fully saturated rings. The van der Waals surface area contributed by atoms with Crippen LogP contribution in [0.3, 0.4) is 0 Å². The molecule has 2 bridgehead atoms. The topological polar surface area (TPSA) is 29.5 Å². The van der Waals surface area contributed by atoms with E-state index in [2.05, 4.69) is 0 Å². The van der Waals surface area contributed by atoms with E-state index in [0.717, 1.165) is 24.9 Å². The number of amides is 1. The lowest BCUT2D eigenvalue weighted by atomic mass is 9.99. The number of piperidine rings is 1. The molecule has 2 rings (SSSR count). The van der Waals surface area contributed by atoms with Gasteiger partial charge in [0.2, 0.25) is 0 Å². The number of hydrogen-bond donors (Lipinski definition) is 0. The summed E-state index contributed by atoms with van der Waals surface area (Å²) < 4.78 is 5.20. The van der Waals surface area contributed by atoms with Gasteiger partial charge in [0.1, 0.15) is 0 Å². The molecule has 1 amide bonds. The third-order valence-electron chi connectivity index (χ3n) is 3.20. The van der Waals surface area contributed by atoms with E-state index < -0.39 is 0 Å². The zero-order valence-electron chi connectivity index (χ0n) is 9.03. The van der Waals surface area contributed by atoms with Gasteiger partial charge < -0.3 is 9.64 Å². The van der Waals surface area contributed by atoms with E-state index in [0.29, 0.717) is 0 Å². The van der Waals surface area contributed by atoms with Crippen molar-refractivity contribution in [1.29, 1.82) is 0 Å². The fourth-order valence-corrected chi connectivity index (χ4v) is 2.63. The van der Waals surface area contributed by atoms with Crippen LogP contribution in [0.25, 0.3) is 0 Å². The minimum absolute atomic E-state index is 0.00193.